The summed E-state index contributed by atoms with van der Waals surface area (Å²) in [6, 6.07) is 21.7. The first-order chi connectivity index (χ1) is 21.8. The fourth-order valence-electron chi connectivity index (χ4n) is 7.96. The topological polar surface area (TPSA) is 109 Å². The molecule has 2 aliphatic heterocycles. The number of hydrogen-bond acceptors (Lipinski definition) is 7. The molecule has 45 heavy (non-hydrogen) atoms. The van der Waals surface area contributed by atoms with Crippen LogP contribution in [0.3, 0.4) is 0 Å². The molecular weight excluding hydrogens is 698 g/mol. The van der Waals surface area contributed by atoms with E-state index in [0.717, 1.165) is 26.4 Å². The third kappa shape index (κ3) is 4.78. The van der Waals surface area contributed by atoms with E-state index in [1.165, 1.54) is 16.2 Å². The minimum Gasteiger partial charge on any atom is -0.483 e. The van der Waals surface area contributed by atoms with E-state index in [-0.39, 0.29) is 64.0 Å². The number of hydrogen-bond donors (Lipinski definition) is 2. The van der Waals surface area contributed by atoms with Gasteiger partial charge in [-0.15, -0.1) is 11.8 Å². The molecule has 3 aromatic carbocycles. The van der Waals surface area contributed by atoms with E-state index in [1.807, 2.05) is 36.4 Å². The van der Waals surface area contributed by atoms with Gasteiger partial charge in [0.05, 0.1) is 22.5 Å². The van der Waals surface area contributed by atoms with Gasteiger partial charge in [0.25, 0.3) is 5.91 Å². The molecule has 0 spiro atoms. The predicted molar refractivity (Wildman–Crippen MR) is 177 cm³/mol. The van der Waals surface area contributed by atoms with Crippen LogP contribution in [-0.2, 0) is 14.4 Å². The lowest BCUT2D eigenvalue weighted by Crippen LogP contribution is -2.42. The van der Waals surface area contributed by atoms with Gasteiger partial charge in [-0.2, -0.15) is 0 Å². The molecule has 4 unspecified atom stereocenters. The molecule has 2 aliphatic carbocycles. The normalized spacial score (nSPS) is 27.7. The lowest BCUT2D eigenvalue weighted by Gasteiger charge is -2.43. The molecule has 12 heteroatoms. The minimum atomic E-state index is -0.411. The van der Waals surface area contributed by atoms with Crippen LogP contribution in [0.1, 0.15) is 22.8 Å². The number of thioether (sulfide) groups is 1. The van der Waals surface area contributed by atoms with Crippen molar-refractivity contribution in [3.8, 4) is 5.75 Å². The molecule has 4 aromatic rings. The van der Waals surface area contributed by atoms with Gasteiger partial charge < -0.3 is 15.0 Å². The number of aromatic nitrogens is 1. The number of ether oxygens (including phenoxy) is 1. The molecule has 2 bridgehead atoms. The number of rotatable bonds is 6. The SMILES string of the molecule is O=C(COc1ccc(Br)cc1[C@H]1c2sc(=O)[nH]c2SC2C1[C@H]1C[C@@H]2C2C(=O)N(c3ccccc3)C(=O)C21)Nc1ccc(Cl)cc1. The van der Waals surface area contributed by atoms with Crippen molar-refractivity contribution in [3.05, 3.63) is 102 Å². The number of nitrogens with one attached hydrogen (secondary N) is 2. The Kier molecular flexibility index (Phi) is 7.20. The van der Waals surface area contributed by atoms with Crippen LogP contribution in [0.4, 0.5) is 11.4 Å². The van der Waals surface area contributed by atoms with Crippen LogP contribution in [-0.4, -0.2) is 34.6 Å². The summed E-state index contributed by atoms with van der Waals surface area (Å²) in [5.41, 5.74) is 2.06. The third-order valence-corrected chi connectivity index (χ3v) is 12.9. The first kappa shape index (κ1) is 29.1. The Morgan fingerprint density at radius 1 is 1.00 bits per heavy atom. The summed E-state index contributed by atoms with van der Waals surface area (Å²) in [6.07, 6.45) is 0.779. The maximum atomic E-state index is 14.0. The molecule has 3 fully saturated rings. The van der Waals surface area contributed by atoms with Gasteiger partial charge in [-0.3, -0.25) is 24.1 Å². The van der Waals surface area contributed by atoms with Crippen molar-refractivity contribution in [1.82, 2.24) is 4.98 Å². The van der Waals surface area contributed by atoms with Crippen LogP contribution >= 0.6 is 50.6 Å². The van der Waals surface area contributed by atoms with Crippen molar-refractivity contribution in [2.24, 2.45) is 29.6 Å². The quantitative estimate of drug-likeness (QED) is 0.219. The molecule has 1 aromatic heterocycles. The number of aromatic amines is 1. The molecule has 3 amide bonds. The maximum Gasteiger partial charge on any atom is 0.305 e. The highest BCUT2D eigenvalue weighted by Gasteiger charge is 2.69. The summed E-state index contributed by atoms with van der Waals surface area (Å²) >= 11 is 12.4. The van der Waals surface area contributed by atoms with E-state index in [9.17, 15) is 19.2 Å². The Bertz CT molecular complexity index is 1920. The standard InChI is InChI=1S/C33H25BrClN3O5S2/c34-15-6-11-22(43-14-23(39)36-17-9-7-16(35)8-10-17)19(12-15)24-25-20-13-21(28(25)44-30-29(24)45-33(42)37-30)27-26(20)31(40)38(32(27)41)18-4-2-1-3-5-18/h1-12,20-21,24-28H,13-14H2,(H,36,39)(H,37,42)/t20-,21-,24-,25?,26?,27?,28?/m1/s1. The van der Waals surface area contributed by atoms with Gasteiger partial charge in [0, 0.05) is 36.8 Å². The van der Waals surface area contributed by atoms with Crippen molar-refractivity contribution < 1.29 is 19.1 Å². The monoisotopic (exact) mass is 721 g/mol. The van der Waals surface area contributed by atoms with Crippen molar-refractivity contribution in [3.63, 3.8) is 0 Å². The van der Waals surface area contributed by atoms with E-state index in [2.05, 4.69) is 26.2 Å². The summed E-state index contributed by atoms with van der Waals surface area (Å²) in [4.78, 5) is 58.6. The lowest BCUT2D eigenvalue weighted by molar-refractivity contribution is -0.123. The Labute approximate surface area is 279 Å². The van der Waals surface area contributed by atoms with E-state index >= 15 is 0 Å². The number of amides is 3. The van der Waals surface area contributed by atoms with Gasteiger partial charge in [-0.25, -0.2) is 0 Å². The Morgan fingerprint density at radius 2 is 1.73 bits per heavy atom. The summed E-state index contributed by atoms with van der Waals surface area (Å²) < 4.78 is 7.01. The molecule has 3 heterocycles. The van der Waals surface area contributed by atoms with Crippen LogP contribution in [0.2, 0.25) is 5.02 Å². The zero-order chi connectivity index (χ0) is 31.0. The van der Waals surface area contributed by atoms with Gasteiger partial charge >= 0.3 is 4.87 Å². The lowest BCUT2D eigenvalue weighted by atomic mass is 9.68. The summed E-state index contributed by atoms with van der Waals surface area (Å²) in [6.45, 7) is -0.223. The Morgan fingerprint density at radius 3 is 2.49 bits per heavy atom. The number of carbonyl (C=O) groups is 3. The Balaban J connectivity index is 1.14. The number of H-pyrrole nitrogens is 1. The average Bonchev–Trinajstić information content (AvgIpc) is 3.77. The van der Waals surface area contributed by atoms with Gasteiger partial charge in [-0.05, 0) is 78.8 Å². The van der Waals surface area contributed by atoms with Gasteiger partial charge in [0.1, 0.15) is 5.75 Å². The number of nitrogens with zero attached hydrogens (tertiary/aromatic N) is 1. The van der Waals surface area contributed by atoms with E-state index in [0.29, 0.717) is 22.1 Å². The predicted octanol–water partition coefficient (Wildman–Crippen LogP) is 6.55. The highest BCUT2D eigenvalue weighted by molar-refractivity contribution is 9.10. The van der Waals surface area contributed by atoms with E-state index in [4.69, 9.17) is 16.3 Å². The van der Waals surface area contributed by atoms with Crippen molar-refractivity contribution in [2.45, 2.75) is 22.6 Å². The molecule has 2 saturated carbocycles. The number of imide groups is 1. The number of fused-ring (bicyclic) bond motifs is 9. The molecule has 228 valence electrons. The van der Waals surface area contributed by atoms with Crippen LogP contribution < -0.4 is 19.8 Å². The number of benzene rings is 3. The van der Waals surface area contributed by atoms with Crippen molar-refractivity contribution in [1.29, 1.82) is 0 Å². The second-order valence-electron chi connectivity index (χ2n) is 11.8. The number of anilines is 2. The van der Waals surface area contributed by atoms with Gasteiger partial charge in [0.15, 0.2) is 6.61 Å². The molecule has 4 aliphatic rings. The van der Waals surface area contributed by atoms with Crippen molar-refractivity contribution >= 4 is 79.7 Å². The largest absolute Gasteiger partial charge is 0.483 e. The molecule has 1 saturated heterocycles. The van der Waals surface area contributed by atoms with Gasteiger partial charge in [-0.1, -0.05) is 57.1 Å². The zero-order valence-electron chi connectivity index (χ0n) is 23.4. The fourth-order valence-corrected chi connectivity index (χ4v) is 11.3. The number of thiazole rings is 1. The fraction of sp³-hybridized carbons (Fsp3) is 0.273. The first-order valence-electron chi connectivity index (χ1n) is 14.6. The molecule has 7 atom stereocenters. The highest BCUT2D eigenvalue weighted by atomic mass is 79.9. The van der Waals surface area contributed by atoms with Crippen LogP contribution in [0.15, 0.2) is 87.1 Å². The zero-order valence-corrected chi connectivity index (χ0v) is 27.4. The summed E-state index contributed by atoms with van der Waals surface area (Å²) in [5.74, 6) is -1.15. The summed E-state index contributed by atoms with van der Waals surface area (Å²) in [5, 5.41) is 4.24. The summed E-state index contributed by atoms with van der Waals surface area (Å²) in [7, 11) is 0. The molecule has 2 N–H and O–H groups in total. The highest BCUT2D eigenvalue weighted by Crippen LogP contribution is 2.69. The van der Waals surface area contributed by atoms with Crippen LogP contribution in [0, 0.1) is 29.6 Å². The number of halogens is 2. The molecule has 8 nitrogen and oxygen atoms in total. The van der Waals surface area contributed by atoms with Crippen LogP contribution in [0.25, 0.3) is 0 Å². The Hall–Kier alpha value is -3.38. The number of para-hydroxylation sites is 1. The van der Waals surface area contributed by atoms with E-state index < -0.39 is 5.92 Å². The smallest absolute Gasteiger partial charge is 0.305 e. The molecule has 0 radical (unpaired) electrons. The van der Waals surface area contributed by atoms with Gasteiger partial charge in [0.2, 0.25) is 11.8 Å². The molecule has 8 rings (SSSR count). The van der Waals surface area contributed by atoms with E-state index in [1.54, 1.807) is 48.2 Å². The second-order valence-corrected chi connectivity index (χ2v) is 15.4. The third-order valence-electron chi connectivity index (χ3n) is 9.53. The maximum absolute atomic E-state index is 14.0. The second kappa shape index (κ2) is 11.2. The average molecular weight is 723 g/mol. The number of carbonyl (C=O) groups excluding carboxylic acids is 3. The first-order valence-corrected chi connectivity index (χ1v) is 17.5. The van der Waals surface area contributed by atoms with Crippen LogP contribution in [0.5, 0.6) is 5.75 Å². The molecular formula is C33H25BrClN3O5S2. The minimum absolute atomic E-state index is 0.000823. The van der Waals surface area contributed by atoms with Crippen molar-refractivity contribution in [2.75, 3.05) is 16.8 Å².